The molecular weight excluding hydrogens is 346 g/mol. The second kappa shape index (κ2) is 7.55. The van der Waals surface area contributed by atoms with Crippen molar-refractivity contribution >= 4 is 17.3 Å². The minimum absolute atomic E-state index is 0.0128. The number of nitrogens with zero attached hydrogens (tertiary/aromatic N) is 1. The number of unbranched alkanes of at least 4 members (excludes halogenated alkanes) is 1. The normalized spacial score (nSPS) is 18.9. The first-order chi connectivity index (χ1) is 12.8. The van der Waals surface area contributed by atoms with Crippen LogP contribution < -0.4 is 5.43 Å². The van der Waals surface area contributed by atoms with Gasteiger partial charge in [0.1, 0.15) is 5.56 Å². The third-order valence-corrected chi connectivity index (χ3v) is 5.24. The van der Waals surface area contributed by atoms with Crippen molar-refractivity contribution in [2.45, 2.75) is 52.5 Å². The monoisotopic (exact) mass is 371 g/mol. The molecule has 6 heteroatoms. The maximum atomic E-state index is 12.5. The Bertz CT molecular complexity index is 904. The molecule has 0 saturated carbocycles. The maximum Gasteiger partial charge on any atom is 0.341 e. The van der Waals surface area contributed by atoms with Gasteiger partial charge in [0.2, 0.25) is 5.78 Å². The molecule has 144 valence electrons. The molecule has 6 nitrogen and oxygen atoms in total. The molecule has 2 heterocycles. The quantitative estimate of drug-likeness (QED) is 0.773. The number of ether oxygens (including phenoxy) is 1. The lowest BCUT2D eigenvalue weighted by Gasteiger charge is -2.35. The number of ketones is 1. The highest BCUT2D eigenvalue weighted by Crippen LogP contribution is 2.41. The van der Waals surface area contributed by atoms with Gasteiger partial charge in [-0.15, -0.1) is 0 Å². The second-order valence-electron chi connectivity index (χ2n) is 7.48. The summed E-state index contributed by atoms with van der Waals surface area (Å²) in [6.45, 7) is 6.71. The third-order valence-electron chi connectivity index (χ3n) is 5.24. The first-order valence-electron chi connectivity index (χ1n) is 9.43. The number of fused-ring (bicyclic) bond motifs is 2. The molecule has 0 radical (unpaired) electrons. The molecule has 0 fully saturated rings. The summed E-state index contributed by atoms with van der Waals surface area (Å²) in [5, 5.41) is 9.30. The SMILES string of the molecule is CCCCOC1=CC2=C(CC1=O)c1cc(=O)c(C(=O)O)cn1C(C(C)C)C2. The summed E-state index contributed by atoms with van der Waals surface area (Å²) in [6, 6.07) is 1.37. The first-order valence-corrected chi connectivity index (χ1v) is 9.43. The molecule has 0 aromatic carbocycles. The Labute approximate surface area is 158 Å². The molecule has 1 unspecified atom stereocenters. The van der Waals surface area contributed by atoms with Gasteiger partial charge in [0, 0.05) is 30.4 Å². The molecule has 1 atom stereocenters. The predicted octanol–water partition coefficient (Wildman–Crippen LogP) is 3.57. The smallest absolute Gasteiger partial charge is 0.341 e. The third kappa shape index (κ3) is 3.61. The standard InChI is InChI=1S/C21H25NO5/c1-4-5-6-27-20-8-13-7-16(12(2)3)22-11-15(21(25)26)18(23)10-17(22)14(13)9-19(20)24/h8,10-12,16H,4-7,9H2,1-3H3,(H,25,26). The Balaban J connectivity index is 2.09. The molecule has 1 aromatic rings. The van der Waals surface area contributed by atoms with Gasteiger partial charge in [-0.3, -0.25) is 9.59 Å². The second-order valence-corrected chi connectivity index (χ2v) is 7.48. The molecule has 0 amide bonds. The fourth-order valence-corrected chi connectivity index (χ4v) is 3.68. The van der Waals surface area contributed by atoms with Crippen LogP contribution in [0.2, 0.25) is 0 Å². The summed E-state index contributed by atoms with van der Waals surface area (Å²) in [6.07, 6.45) is 5.97. The minimum Gasteiger partial charge on any atom is -0.490 e. The molecular formula is C21H25NO5. The minimum atomic E-state index is -1.23. The van der Waals surface area contributed by atoms with E-state index in [0.29, 0.717) is 24.5 Å². The zero-order valence-electron chi connectivity index (χ0n) is 15.9. The van der Waals surface area contributed by atoms with E-state index >= 15 is 0 Å². The van der Waals surface area contributed by atoms with E-state index in [0.717, 1.165) is 24.0 Å². The van der Waals surface area contributed by atoms with Crippen LogP contribution >= 0.6 is 0 Å². The number of carboxylic acid groups (broad SMARTS) is 1. The predicted molar refractivity (Wildman–Crippen MR) is 102 cm³/mol. The van der Waals surface area contributed by atoms with Crippen LogP contribution in [0.1, 0.15) is 68.5 Å². The molecule has 1 aromatic heterocycles. The summed E-state index contributed by atoms with van der Waals surface area (Å²) >= 11 is 0. The van der Waals surface area contributed by atoms with E-state index in [1.54, 1.807) is 0 Å². The fourth-order valence-electron chi connectivity index (χ4n) is 3.68. The molecule has 1 aliphatic carbocycles. The zero-order chi connectivity index (χ0) is 19.7. The van der Waals surface area contributed by atoms with Gasteiger partial charge in [-0.1, -0.05) is 27.2 Å². The summed E-state index contributed by atoms with van der Waals surface area (Å²) in [5.41, 5.74) is 1.67. The molecule has 1 aliphatic heterocycles. The number of Topliss-reactive ketones (excluding diaryl/α,β-unsaturated/α-hetero) is 1. The van der Waals surface area contributed by atoms with Gasteiger partial charge in [0.05, 0.1) is 6.61 Å². The van der Waals surface area contributed by atoms with Crippen LogP contribution in [0.15, 0.2) is 34.5 Å². The topological polar surface area (TPSA) is 85.6 Å². The molecule has 27 heavy (non-hydrogen) atoms. The van der Waals surface area contributed by atoms with E-state index in [1.165, 1.54) is 12.3 Å². The summed E-state index contributed by atoms with van der Waals surface area (Å²) in [5.74, 6) is -0.710. The van der Waals surface area contributed by atoms with Gasteiger partial charge in [0.25, 0.3) is 0 Å². The molecule has 0 bridgehead atoms. The Morgan fingerprint density at radius 1 is 1.37 bits per heavy atom. The number of hydrogen-bond acceptors (Lipinski definition) is 4. The number of allylic oxidation sites excluding steroid dienone is 4. The van der Waals surface area contributed by atoms with Crippen molar-refractivity contribution in [2.75, 3.05) is 6.61 Å². The number of hydrogen-bond donors (Lipinski definition) is 1. The lowest BCUT2D eigenvalue weighted by Crippen LogP contribution is -2.30. The van der Waals surface area contributed by atoms with Crippen LogP contribution in [0, 0.1) is 5.92 Å². The van der Waals surface area contributed by atoms with Crippen LogP contribution in [-0.2, 0) is 9.53 Å². The van der Waals surface area contributed by atoms with Crippen molar-refractivity contribution in [3.63, 3.8) is 0 Å². The molecule has 3 rings (SSSR count). The highest BCUT2D eigenvalue weighted by Gasteiger charge is 2.33. The number of rotatable bonds is 6. The van der Waals surface area contributed by atoms with Crippen LogP contribution in [-0.4, -0.2) is 28.0 Å². The lowest BCUT2D eigenvalue weighted by atomic mass is 9.82. The van der Waals surface area contributed by atoms with Crippen LogP contribution in [0.4, 0.5) is 0 Å². The Morgan fingerprint density at radius 3 is 2.74 bits per heavy atom. The van der Waals surface area contributed by atoms with Crippen molar-refractivity contribution in [1.82, 2.24) is 4.57 Å². The van der Waals surface area contributed by atoms with E-state index < -0.39 is 11.4 Å². The van der Waals surface area contributed by atoms with Gasteiger partial charge in [-0.2, -0.15) is 0 Å². The number of carboxylic acids is 1. The molecule has 0 spiro atoms. The highest BCUT2D eigenvalue weighted by molar-refractivity contribution is 6.04. The van der Waals surface area contributed by atoms with Gasteiger partial charge >= 0.3 is 5.97 Å². The number of carbonyl (C=O) groups is 2. The van der Waals surface area contributed by atoms with Gasteiger partial charge in [-0.05, 0) is 36.0 Å². The molecule has 1 N–H and O–H groups in total. The van der Waals surface area contributed by atoms with E-state index in [-0.39, 0.29) is 29.7 Å². The Morgan fingerprint density at radius 2 is 2.11 bits per heavy atom. The van der Waals surface area contributed by atoms with Crippen molar-refractivity contribution in [1.29, 1.82) is 0 Å². The van der Waals surface area contributed by atoms with Crippen LogP contribution in [0.5, 0.6) is 0 Å². The number of aromatic carboxylic acids is 1. The summed E-state index contributed by atoms with van der Waals surface area (Å²) in [7, 11) is 0. The maximum absolute atomic E-state index is 12.5. The Hall–Kier alpha value is -2.63. The van der Waals surface area contributed by atoms with Gasteiger partial charge in [0.15, 0.2) is 11.2 Å². The number of aromatic nitrogens is 1. The summed E-state index contributed by atoms with van der Waals surface area (Å²) in [4.78, 5) is 36.2. The Kier molecular flexibility index (Phi) is 5.35. The average molecular weight is 371 g/mol. The van der Waals surface area contributed by atoms with Crippen molar-refractivity contribution < 1.29 is 19.4 Å². The van der Waals surface area contributed by atoms with Crippen molar-refractivity contribution in [3.8, 4) is 0 Å². The van der Waals surface area contributed by atoms with E-state index in [1.807, 2.05) is 10.6 Å². The fraction of sp³-hybridized carbons (Fsp3) is 0.476. The van der Waals surface area contributed by atoms with E-state index in [9.17, 15) is 19.5 Å². The molecule has 2 aliphatic rings. The van der Waals surface area contributed by atoms with E-state index in [4.69, 9.17) is 4.74 Å². The van der Waals surface area contributed by atoms with Crippen molar-refractivity contribution in [3.05, 3.63) is 51.2 Å². The largest absolute Gasteiger partial charge is 0.490 e. The lowest BCUT2D eigenvalue weighted by molar-refractivity contribution is -0.118. The van der Waals surface area contributed by atoms with Crippen LogP contribution in [0.25, 0.3) is 5.57 Å². The number of carbonyl (C=O) groups excluding carboxylic acids is 1. The average Bonchev–Trinajstić information content (AvgIpc) is 2.61. The zero-order valence-corrected chi connectivity index (χ0v) is 15.9. The van der Waals surface area contributed by atoms with Gasteiger partial charge < -0.3 is 14.4 Å². The van der Waals surface area contributed by atoms with Crippen molar-refractivity contribution in [2.24, 2.45) is 5.92 Å². The first kappa shape index (κ1) is 19.1. The summed E-state index contributed by atoms with van der Waals surface area (Å²) < 4.78 is 7.53. The number of pyridine rings is 1. The highest BCUT2D eigenvalue weighted by atomic mass is 16.5. The molecule has 0 saturated heterocycles. The van der Waals surface area contributed by atoms with E-state index in [2.05, 4.69) is 20.8 Å². The van der Waals surface area contributed by atoms with Crippen LogP contribution in [0.3, 0.4) is 0 Å². The van der Waals surface area contributed by atoms with Gasteiger partial charge in [-0.25, -0.2) is 4.79 Å².